The number of rotatable bonds is 6. The van der Waals surface area contributed by atoms with Crippen LogP contribution in [0, 0.1) is 0 Å². The summed E-state index contributed by atoms with van der Waals surface area (Å²) in [6.45, 7) is 4.49. The van der Waals surface area contributed by atoms with Gasteiger partial charge < -0.3 is 10.0 Å². The predicted molar refractivity (Wildman–Crippen MR) is 130 cm³/mol. The molecule has 8 nitrogen and oxygen atoms in total. The molecule has 0 saturated heterocycles. The van der Waals surface area contributed by atoms with Crippen molar-refractivity contribution >= 4 is 29.2 Å². The molecule has 2 heterocycles. The SMILES string of the molecule is CCN(CCC1=c2ccccc2=N/C1=C\c1c(O)n(-c2ccc(Cl)cc2)c(=O)[nH]c1=O)C(C)=O. The zero-order valence-corrected chi connectivity index (χ0v) is 19.5. The van der Waals surface area contributed by atoms with Gasteiger partial charge in [-0.2, -0.15) is 0 Å². The van der Waals surface area contributed by atoms with Crippen LogP contribution in [0.15, 0.2) is 68.8 Å². The highest BCUT2D eigenvalue weighted by molar-refractivity contribution is 6.30. The number of allylic oxidation sites excluding steroid dienone is 1. The molecule has 0 bridgehead atoms. The Bertz CT molecular complexity index is 1530. The van der Waals surface area contributed by atoms with Crippen LogP contribution in [-0.2, 0) is 4.79 Å². The van der Waals surface area contributed by atoms with E-state index >= 15 is 0 Å². The Morgan fingerprint density at radius 1 is 1.18 bits per heavy atom. The lowest BCUT2D eigenvalue weighted by Crippen LogP contribution is -2.31. The van der Waals surface area contributed by atoms with Crippen molar-refractivity contribution in [1.82, 2.24) is 14.5 Å². The second-order valence-electron chi connectivity index (χ2n) is 7.79. The standard InChI is InChI=1S/C25H23ClN4O4/c1-3-29(15(2)31)13-12-19-18-6-4-5-7-21(18)27-22(19)14-20-23(32)28-25(34)30(24(20)33)17-10-8-16(26)9-11-17/h4-11,14,33H,3,12-13H2,1-2H3,(H,28,32,34)/b22-14-. The van der Waals surface area contributed by atoms with E-state index in [-0.39, 0.29) is 11.5 Å². The number of amides is 1. The maximum Gasteiger partial charge on any atom is 0.335 e. The molecule has 0 atom stereocenters. The topological polar surface area (TPSA) is 108 Å². The quantitative estimate of drug-likeness (QED) is 0.564. The van der Waals surface area contributed by atoms with Gasteiger partial charge >= 0.3 is 5.69 Å². The van der Waals surface area contributed by atoms with E-state index < -0.39 is 17.1 Å². The Morgan fingerprint density at radius 3 is 2.56 bits per heavy atom. The van der Waals surface area contributed by atoms with Crippen molar-refractivity contribution in [3.8, 4) is 11.6 Å². The molecule has 0 unspecified atom stereocenters. The summed E-state index contributed by atoms with van der Waals surface area (Å²) in [6.07, 6.45) is 1.98. The van der Waals surface area contributed by atoms with Crippen LogP contribution in [0.2, 0.25) is 5.02 Å². The van der Waals surface area contributed by atoms with E-state index in [1.165, 1.54) is 13.0 Å². The van der Waals surface area contributed by atoms with Crippen LogP contribution in [0.5, 0.6) is 5.88 Å². The predicted octanol–water partition coefficient (Wildman–Crippen LogP) is 1.97. The van der Waals surface area contributed by atoms with E-state index in [0.717, 1.165) is 20.7 Å². The Kier molecular flexibility index (Phi) is 6.51. The van der Waals surface area contributed by atoms with Gasteiger partial charge in [0.1, 0.15) is 5.56 Å². The number of nitrogens with zero attached hydrogens (tertiary/aromatic N) is 3. The summed E-state index contributed by atoms with van der Waals surface area (Å²) in [4.78, 5) is 45.6. The van der Waals surface area contributed by atoms with E-state index in [2.05, 4.69) is 9.98 Å². The van der Waals surface area contributed by atoms with Gasteiger partial charge in [0.2, 0.25) is 11.8 Å². The first-order chi connectivity index (χ1) is 16.3. The molecule has 1 aliphatic rings. The third-order valence-corrected chi connectivity index (χ3v) is 5.98. The van der Waals surface area contributed by atoms with Crippen molar-refractivity contribution in [2.24, 2.45) is 4.99 Å². The van der Waals surface area contributed by atoms with Crippen LogP contribution in [0.25, 0.3) is 17.3 Å². The van der Waals surface area contributed by atoms with Gasteiger partial charge in [-0.05, 0) is 55.3 Å². The summed E-state index contributed by atoms with van der Waals surface area (Å²) in [5, 5.41) is 13.0. The lowest BCUT2D eigenvalue weighted by molar-refractivity contribution is -0.128. The number of carbonyl (C=O) groups excluding carboxylic acids is 1. The molecule has 0 aliphatic carbocycles. The number of carbonyl (C=O) groups is 1. The fraction of sp³-hybridized carbons (Fsp3) is 0.200. The first kappa shape index (κ1) is 23.3. The Balaban J connectivity index is 1.84. The first-order valence-electron chi connectivity index (χ1n) is 10.8. The number of H-pyrrole nitrogens is 1. The van der Waals surface area contributed by atoms with E-state index in [1.807, 2.05) is 31.2 Å². The molecule has 4 rings (SSSR count). The average molecular weight is 479 g/mol. The molecule has 2 N–H and O–H groups in total. The summed E-state index contributed by atoms with van der Waals surface area (Å²) in [5.74, 6) is -0.533. The minimum Gasteiger partial charge on any atom is -0.494 e. The van der Waals surface area contributed by atoms with Crippen LogP contribution in [0.3, 0.4) is 0 Å². The minimum atomic E-state index is -0.775. The number of halogens is 1. The molecule has 174 valence electrons. The number of fused-ring (bicyclic) bond motifs is 1. The summed E-state index contributed by atoms with van der Waals surface area (Å²) in [6, 6.07) is 13.8. The van der Waals surface area contributed by atoms with E-state index in [0.29, 0.717) is 35.9 Å². The third-order valence-electron chi connectivity index (χ3n) is 5.72. The molecule has 0 radical (unpaired) electrons. The van der Waals surface area contributed by atoms with Gasteiger partial charge in [0.05, 0.1) is 16.7 Å². The summed E-state index contributed by atoms with van der Waals surface area (Å²) < 4.78 is 1.00. The van der Waals surface area contributed by atoms with Crippen LogP contribution in [0.4, 0.5) is 0 Å². The molecule has 0 spiro atoms. The van der Waals surface area contributed by atoms with Gasteiger partial charge in [0.25, 0.3) is 5.56 Å². The van der Waals surface area contributed by atoms with Crippen molar-refractivity contribution in [3.05, 3.63) is 96.2 Å². The van der Waals surface area contributed by atoms with Crippen molar-refractivity contribution in [2.45, 2.75) is 20.3 Å². The number of nitrogens with one attached hydrogen (secondary N) is 1. The zero-order chi connectivity index (χ0) is 24.4. The van der Waals surface area contributed by atoms with E-state index in [4.69, 9.17) is 11.6 Å². The van der Waals surface area contributed by atoms with E-state index in [1.54, 1.807) is 29.2 Å². The normalized spacial score (nSPS) is 13.6. The molecule has 0 saturated carbocycles. The summed E-state index contributed by atoms with van der Waals surface area (Å²) >= 11 is 5.93. The smallest absolute Gasteiger partial charge is 0.335 e. The van der Waals surface area contributed by atoms with Crippen LogP contribution < -0.4 is 21.8 Å². The number of aromatic amines is 1. The van der Waals surface area contributed by atoms with Crippen molar-refractivity contribution in [2.75, 3.05) is 13.1 Å². The molecule has 1 amide bonds. The average Bonchev–Trinajstić information content (AvgIpc) is 3.15. The fourth-order valence-electron chi connectivity index (χ4n) is 3.96. The maximum absolute atomic E-state index is 12.7. The van der Waals surface area contributed by atoms with Gasteiger partial charge in [-0.15, -0.1) is 0 Å². The van der Waals surface area contributed by atoms with Crippen LogP contribution in [-0.4, -0.2) is 38.6 Å². The highest BCUT2D eigenvalue weighted by Gasteiger charge is 2.19. The van der Waals surface area contributed by atoms with Gasteiger partial charge in [-0.1, -0.05) is 29.8 Å². The minimum absolute atomic E-state index is 0.0269. The molecular weight excluding hydrogens is 456 g/mol. The number of aromatic nitrogens is 2. The van der Waals surface area contributed by atoms with Crippen molar-refractivity contribution in [3.63, 3.8) is 0 Å². The molecule has 3 aromatic rings. The lowest BCUT2D eigenvalue weighted by Gasteiger charge is -2.19. The van der Waals surface area contributed by atoms with Gasteiger partial charge in [-0.3, -0.25) is 14.6 Å². The second kappa shape index (κ2) is 9.52. The first-order valence-corrected chi connectivity index (χ1v) is 11.2. The highest BCUT2D eigenvalue weighted by atomic mass is 35.5. The van der Waals surface area contributed by atoms with E-state index in [9.17, 15) is 19.5 Å². The number of benzene rings is 2. The van der Waals surface area contributed by atoms with Crippen LogP contribution >= 0.6 is 11.6 Å². The molecule has 1 aliphatic heterocycles. The molecule has 1 aromatic heterocycles. The Morgan fingerprint density at radius 2 is 1.88 bits per heavy atom. The Labute approximate surface area is 199 Å². The van der Waals surface area contributed by atoms with Gasteiger partial charge in [-0.25, -0.2) is 14.4 Å². The number of hydrogen-bond donors (Lipinski definition) is 2. The largest absolute Gasteiger partial charge is 0.494 e. The molecule has 34 heavy (non-hydrogen) atoms. The van der Waals surface area contributed by atoms with Gasteiger partial charge in [0.15, 0.2) is 0 Å². The number of hydrogen-bond acceptors (Lipinski definition) is 5. The summed E-state index contributed by atoms with van der Waals surface area (Å²) in [7, 11) is 0. The second-order valence-corrected chi connectivity index (χ2v) is 8.23. The highest BCUT2D eigenvalue weighted by Crippen LogP contribution is 2.25. The number of aromatic hydroxyl groups is 1. The Hall–Kier alpha value is -3.91. The monoisotopic (exact) mass is 478 g/mol. The molecule has 0 fully saturated rings. The molecule has 2 aromatic carbocycles. The maximum atomic E-state index is 12.7. The number of para-hydroxylation sites is 1. The zero-order valence-electron chi connectivity index (χ0n) is 18.7. The molecule has 9 heteroatoms. The lowest BCUT2D eigenvalue weighted by atomic mass is 10.1. The fourth-order valence-corrected chi connectivity index (χ4v) is 4.09. The van der Waals surface area contributed by atoms with Crippen LogP contribution in [0.1, 0.15) is 25.8 Å². The third kappa shape index (κ3) is 4.45. The molecular formula is C25H23ClN4O4. The van der Waals surface area contributed by atoms with Crippen molar-refractivity contribution in [1.29, 1.82) is 0 Å². The van der Waals surface area contributed by atoms with Gasteiger partial charge in [0, 0.05) is 30.3 Å². The summed E-state index contributed by atoms with van der Waals surface area (Å²) in [5.41, 5.74) is 0.0741. The van der Waals surface area contributed by atoms with Crippen molar-refractivity contribution < 1.29 is 9.90 Å².